The Bertz CT molecular complexity index is 361. The van der Waals surface area contributed by atoms with Gasteiger partial charge in [-0.05, 0) is 12.8 Å². The molecule has 0 saturated heterocycles. The molecule has 7 heteroatoms. The van der Waals surface area contributed by atoms with E-state index in [2.05, 4.69) is 20.8 Å². The van der Waals surface area contributed by atoms with Crippen molar-refractivity contribution >= 4 is 23.4 Å². The minimum atomic E-state index is -0.776. The van der Waals surface area contributed by atoms with Gasteiger partial charge in [0, 0.05) is 13.1 Å². The summed E-state index contributed by atoms with van der Waals surface area (Å²) in [6.07, 6.45) is 0. The van der Waals surface area contributed by atoms with Crippen molar-refractivity contribution < 1.29 is 9.59 Å². The Morgan fingerprint density at radius 1 is 1.69 bits per heavy atom. The largest absolute Gasteiger partial charge is 0.350 e. The van der Waals surface area contributed by atoms with Crippen molar-refractivity contribution in [2.45, 2.75) is 13.8 Å². The summed E-state index contributed by atoms with van der Waals surface area (Å²) in [4.78, 5) is 26.2. The molecule has 0 bridgehead atoms. The zero-order chi connectivity index (χ0) is 12.1. The fourth-order valence-electron chi connectivity index (χ4n) is 1.20. The Balaban J connectivity index is 2.79. The van der Waals surface area contributed by atoms with Gasteiger partial charge in [-0.2, -0.15) is 5.10 Å². The molecule has 3 amide bonds. The summed E-state index contributed by atoms with van der Waals surface area (Å²) in [5.41, 5.74) is 7.49. The highest BCUT2D eigenvalue weighted by Crippen LogP contribution is 2.00. The molecular formula is C9H15N5O2. The van der Waals surface area contributed by atoms with Crippen LogP contribution in [0.3, 0.4) is 0 Å². The van der Waals surface area contributed by atoms with Gasteiger partial charge in [-0.1, -0.05) is 6.92 Å². The maximum absolute atomic E-state index is 11.6. The maximum Gasteiger partial charge on any atom is 0.332 e. The molecule has 1 aliphatic rings. The summed E-state index contributed by atoms with van der Waals surface area (Å²) in [5.74, 6) is 0.00946. The molecule has 0 aromatic carbocycles. The molecular weight excluding hydrogens is 210 g/mol. The topological polar surface area (TPSA) is 109 Å². The van der Waals surface area contributed by atoms with Crippen LogP contribution in [0.5, 0.6) is 0 Å². The average Bonchev–Trinajstić information content (AvgIpc) is 2.38. The molecule has 88 valence electrons. The third-order valence-electron chi connectivity index (χ3n) is 2.06. The fraction of sp³-hybridized carbons (Fsp3) is 0.556. The zero-order valence-corrected chi connectivity index (χ0v) is 9.28. The molecule has 0 aromatic rings. The van der Waals surface area contributed by atoms with E-state index in [1.165, 1.54) is 0 Å². The molecule has 1 atom stereocenters. The van der Waals surface area contributed by atoms with Crippen molar-refractivity contribution in [2.75, 3.05) is 13.1 Å². The van der Waals surface area contributed by atoms with Crippen LogP contribution in [0, 0.1) is 5.92 Å². The van der Waals surface area contributed by atoms with Gasteiger partial charge in [-0.25, -0.2) is 10.2 Å². The number of nitrogens with two attached hydrogens (primary N) is 1. The van der Waals surface area contributed by atoms with Crippen LogP contribution in [0.4, 0.5) is 4.79 Å². The van der Waals surface area contributed by atoms with E-state index < -0.39 is 6.03 Å². The Kier molecular flexibility index (Phi) is 3.98. The summed E-state index contributed by atoms with van der Waals surface area (Å²) in [6, 6.07) is -0.776. The van der Waals surface area contributed by atoms with E-state index >= 15 is 0 Å². The number of hydrogen-bond acceptors (Lipinski definition) is 4. The van der Waals surface area contributed by atoms with Crippen LogP contribution in [-0.2, 0) is 4.79 Å². The van der Waals surface area contributed by atoms with Crippen LogP contribution in [0.1, 0.15) is 13.8 Å². The lowest BCUT2D eigenvalue weighted by Gasteiger charge is -2.04. The van der Waals surface area contributed by atoms with Gasteiger partial charge in [0.2, 0.25) is 0 Å². The Hall–Kier alpha value is -1.92. The van der Waals surface area contributed by atoms with Gasteiger partial charge in [0.1, 0.15) is 5.71 Å². The molecule has 0 saturated carbocycles. The number of nitrogens with zero attached hydrogens (tertiary/aromatic N) is 2. The van der Waals surface area contributed by atoms with E-state index in [1.54, 1.807) is 6.92 Å². The van der Waals surface area contributed by atoms with Crippen LogP contribution in [0.2, 0.25) is 0 Å². The minimum absolute atomic E-state index is 0.234. The number of urea groups is 1. The van der Waals surface area contributed by atoms with Crippen molar-refractivity contribution in [1.29, 1.82) is 0 Å². The Morgan fingerprint density at radius 2 is 2.38 bits per heavy atom. The van der Waals surface area contributed by atoms with Gasteiger partial charge in [-0.15, -0.1) is 0 Å². The lowest BCUT2D eigenvalue weighted by Crippen LogP contribution is -2.36. The summed E-state index contributed by atoms with van der Waals surface area (Å²) in [6.45, 7) is 4.71. The van der Waals surface area contributed by atoms with Crippen LogP contribution in [0.15, 0.2) is 10.1 Å². The number of amides is 3. The van der Waals surface area contributed by atoms with Crippen molar-refractivity contribution in [2.24, 2.45) is 21.7 Å². The summed E-state index contributed by atoms with van der Waals surface area (Å²) in [5, 5.41) is 6.38. The van der Waals surface area contributed by atoms with Crippen molar-refractivity contribution in [3.8, 4) is 0 Å². The van der Waals surface area contributed by atoms with E-state index in [0.29, 0.717) is 24.7 Å². The van der Waals surface area contributed by atoms with Crippen molar-refractivity contribution in [3.05, 3.63) is 0 Å². The average molecular weight is 225 g/mol. The number of primary amides is 1. The minimum Gasteiger partial charge on any atom is -0.350 e. The van der Waals surface area contributed by atoms with E-state index in [4.69, 9.17) is 5.73 Å². The standard InChI is InChI=1S/C9H15N5O2/c1-5-3-11-7(8(15)12-4-5)6(2)13-14-9(10)16/h5H,3-4H2,1-2H3,(H,12,15)(H3,10,14,16)/b13-6-. The number of hydrazone groups is 1. The summed E-state index contributed by atoms with van der Waals surface area (Å²) in [7, 11) is 0. The molecule has 16 heavy (non-hydrogen) atoms. The number of hydrogen-bond donors (Lipinski definition) is 3. The normalized spacial score (nSPS) is 21.9. The van der Waals surface area contributed by atoms with E-state index in [1.807, 2.05) is 6.92 Å². The number of nitrogens with one attached hydrogen (secondary N) is 2. The number of rotatable bonds is 2. The molecule has 0 spiro atoms. The van der Waals surface area contributed by atoms with Crippen LogP contribution in [0.25, 0.3) is 0 Å². The summed E-state index contributed by atoms with van der Waals surface area (Å²) >= 11 is 0. The molecule has 1 unspecified atom stereocenters. The van der Waals surface area contributed by atoms with Gasteiger partial charge in [0.15, 0.2) is 0 Å². The second-order valence-corrected chi connectivity index (χ2v) is 3.68. The van der Waals surface area contributed by atoms with E-state index in [9.17, 15) is 9.59 Å². The number of carbonyl (C=O) groups is 2. The van der Waals surface area contributed by atoms with Gasteiger partial charge in [-0.3, -0.25) is 9.79 Å². The van der Waals surface area contributed by atoms with Crippen LogP contribution < -0.4 is 16.5 Å². The van der Waals surface area contributed by atoms with Gasteiger partial charge in [0.05, 0.1) is 5.71 Å². The first-order valence-corrected chi connectivity index (χ1v) is 4.93. The first-order chi connectivity index (χ1) is 7.50. The molecule has 0 fully saturated rings. The quantitative estimate of drug-likeness (QED) is 0.424. The van der Waals surface area contributed by atoms with E-state index in [0.717, 1.165) is 0 Å². The molecule has 0 aromatic heterocycles. The molecule has 1 heterocycles. The maximum atomic E-state index is 11.6. The van der Waals surface area contributed by atoms with Gasteiger partial charge in [0.25, 0.3) is 5.91 Å². The predicted octanol–water partition coefficient (Wildman–Crippen LogP) is -0.763. The lowest BCUT2D eigenvalue weighted by molar-refractivity contribution is -0.114. The SMILES string of the molecule is C/C(=N/NC(N)=O)C1=NCC(C)CNC1=O. The molecule has 1 rings (SSSR count). The van der Waals surface area contributed by atoms with Gasteiger partial charge < -0.3 is 11.1 Å². The predicted molar refractivity (Wildman–Crippen MR) is 60.3 cm³/mol. The molecule has 7 nitrogen and oxygen atoms in total. The second kappa shape index (κ2) is 5.24. The van der Waals surface area contributed by atoms with E-state index in [-0.39, 0.29) is 11.6 Å². The third kappa shape index (κ3) is 3.34. The molecule has 4 N–H and O–H groups in total. The zero-order valence-electron chi connectivity index (χ0n) is 9.28. The second-order valence-electron chi connectivity index (χ2n) is 3.68. The smallest absolute Gasteiger partial charge is 0.332 e. The number of carbonyl (C=O) groups excluding carboxylic acids is 2. The Morgan fingerprint density at radius 3 is 3.00 bits per heavy atom. The van der Waals surface area contributed by atoms with Crippen molar-refractivity contribution in [1.82, 2.24) is 10.7 Å². The fourth-order valence-corrected chi connectivity index (χ4v) is 1.20. The molecule has 0 aliphatic carbocycles. The molecule has 1 aliphatic heterocycles. The Labute approximate surface area is 93.2 Å². The summed E-state index contributed by atoms with van der Waals surface area (Å²) < 4.78 is 0. The monoisotopic (exact) mass is 225 g/mol. The first kappa shape index (κ1) is 12.2. The van der Waals surface area contributed by atoms with Gasteiger partial charge >= 0.3 is 6.03 Å². The first-order valence-electron chi connectivity index (χ1n) is 4.93. The highest BCUT2D eigenvalue weighted by Gasteiger charge is 2.19. The third-order valence-corrected chi connectivity index (χ3v) is 2.06. The molecule has 0 radical (unpaired) electrons. The highest BCUT2D eigenvalue weighted by atomic mass is 16.2. The van der Waals surface area contributed by atoms with Crippen LogP contribution in [-0.4, -0.2) is 36.5 Å². The number of aliphatic imine (C=N–C) groups is 1. The lowest BCUT2D eigenvalue weighted by atomic mass is 10.2. The highest BCUT2D eigenvalue weighted by molar-refractivity contribution is 6.66. The van der Waals surface area contributed by atoms with Crippen molar-refractivity contribution in [3.63, 3.8) is 0 Å². The van der Waals surface area contributed by atoms with Crippen LogP contribution >= 0.6 is 0 Å².